The fraction of sp³-hybridized carbons (Fsp3) is 0.625. The fourth-order valence-electron chi connectivity index (χ4n) is 0.696. The zero-order valence-corrected chi connectivity index (χ0v) is 7.54. The Bertz CT molecular complexity index is 191. The quantitative estimate of drug-likeness (QED) is 0.267. The summed E-state index contributed by atoms with van der Waals surface area (Å²) in [5, 5.41) is 2.37. The van der Waals surface area contributed by atoms with Gasteiger partial charge in [0.05, 0.1) is 6.61 Å². The van der Waals surface area contributed by atoms with Crippen molar-refractivity contribution in [3.63, 3.8) is 0 Å². The van der Waals surface area contributed by atoms with E-state index in [4.69, 9.17) is 0 Å². The molecule has 0 spiro atoms. The first kappa shape index (κ1) is 11.6. The Morgan fingerprint density at radius 2 is 2.08 bits per heavy atom. The van der Waals surface area contributed by atoms with Crippen LogP contribution in [0.5, 0.6) is 0 Å². The number of esters is 1. The third kappa shape index (κ3) is 8.52. The van der Waals surface area contributed by atoms with Gasteiger partial charge in [-0.3, -0.25) is 14.4 Å². The third-order valence-corrected chi connectivity index (χ3v) is 1.28. The van der Waals surface area contributed by atoms with Crippen LogP contribution in [0, 0.1) is 0 Å². The number of unbranched alkanes of at least 4 members (excludes halogenated alkanes) is 1. The Kier molecular flexibility index (Phi) is 6.49. The van der Waals surface area contributed by atoms with Crippen LogP contribution in [-0.2, 0) is 19.1 Å². The molecule has 0 rings (SSSR count). The van der Waals surface area contributed by atoms with E-state index in [1.165, 1.54) is 6.92 Å². The van der Waals surface area contributed by atoms with E-state index in [1.54, 1.807) is 0 Å². The van der Waals surface area contributed by atoms with Crippen molar-refractivity contribution in [3.05, 3.63) is 0 Å². The molecular formula is C8H13NO4. The van der Waals surface area contributed by atoms with Gasteiger partial charge in [-0.1, -0.05) is 0 Å². The highest BCUT2D eigenvalue weighted by atomic mass is 16.5. The normalized spacial score (nSPS) is 9.00. The summed E-state index contributed by atoms with van der Waals surface area (Å²) in [4.78, 5) is 30.5. The standard InChI is InChI=1S/C8H13NO4/c1-7(11)13-5-3-2-4-9-8(12)6-10/h6H,2-5H2,1H3,(H,9,12). The van der Waals surface area contributed by atoms with Gasteiger partial charge in [0, 0.05) is 13.5 Å². The van der Waals surface area contributed by atoms with E-state index in [0.29, 0.717) is 26.0 Å². The van der Waals surface area contributed by atoms with E-state index in [-0.39, 0.29) is 12.3 Å². The van der Waals surface area contributed by atoms with E-state index in [0.717, 1.165) is 0 Å². The summed E-state index contributed by atoms with van der Waals surface area (Å²) in [7, 11) is 0. The van der Waals surface area contributed by atoms with E-state index in [9.17, 15) is 14.4 Å². The molecule has 0 aliphatic rings. The molecule has 1 N–H and O–H groups in total. The van der Waals surface area contributed by atoms with Crippen LogP contribution < -0.4 is 5.32 Å². The van der Waals surface area contributed by atoms with Crippen LogP contribution in [0.1, 0.15) is 19.8 Å². The van der Waals surface area contributed by atoms with Crippen molar-refractivity contribution in [2.75, 3.05) is 13.2 Å². The van der Waals surface area contributed by atoms with Gasteiger partial charge in [0.2, 0.25) is 6.29 Å². The number of amides is 1. The molecule has 0 aromatic heterocycles. The largest absolute Gasteiger partial charge is 0.466 e. The Hall–Kier alpha value is -1.39. The van der Waals surface area contributed by atoms with Crippen molar-refractivity contribution in [2.24, 2.45) is 0 Å². The summed E-state index contributed by atoms with van der Waals surface area (Å²) in [5.74, 6) is -0.926. The van der Waals surface area contributed by atoms with Crippen molar-refractivity contribution < 1.29 is 19.1 Å². The molecule has 13 heavy (non-hydrogen) atoms. The molecule has 0 saturated heterocycles. The average Bonchev–Trinajstić information content (AvgIpc) is 2.10. The molecule has 5 nitrogen and oxygen atoms in total. The van der Waals surface area contributed by atoms with Crippen molar-refractivity contribution in [1.29, 1.82) is 0 Å². The topological polar surface area (TPSA) is 72.5 Å². The van der Waals surface area contributed by atoms with Gasteiger partial charge >= 0.3 is 5.97 Å². The molecule has 0 atom stereocenters. The predicted molar refractivity (Wildman–Crippen MR) is 44.9 cm³/mol. The van der Waals surface area contributed by atoms with Crippen molar-refractivity contribution in [2.45, 2.75) is 19.8 Å². The first-order valence-electron chi connectivity index (χ1n) is 4.03. The zero-order valence-electron chi connectivity index (χ0n) is 7.54. The number of carbonyl (C=O) groups excluding carboxylic acids is 3. The minimum Gasteiger partial charge on any atom is -0.466 e. The van der Waals surface area contributed by atoms with Gasteiger partial charge < -0.3 is 10.1 Å². The number of hydrogen-bond donors (Lipinski definition) is 1. The number of ether oxygens (including phenoxy) is 1. The summed E-state index contributed by atoms with van der Waals surface area (Å²) in [6.07, 6.45) is 1.59. The minimum absolute atomic E-state index is 0.228. The highest BCUT2D eigenvalue weighted by Crippen LogP contribution is 1.88. The van der Waals surface area contributed by atoms with Crippen LogP contribution in [0.4, 0.5) is 0 Å². The SMILES string of the molecule is CC(=O)OCCCCNC(=O)C=O. The van der Waals surface area contributed by atoms with E-state index in [2.05, 4.69) is 10.1 Å². The van der Waals surface area contributed by atoms with E-state index in [1.807, 2.05) is 0 Å². The van der Waals surface area contributed by atoms with Crippen LogP contribution in [0.25, 0.3) is 0 Å². The lowest BCUT2D eigenvalue weighted by Gasteiger charge is -2.01. The summed E-state index contributed by atoms with van der Waals surface area (Å²) in [5.41, 5.74) is 0. The lowest BCUT2D eigenvalue weighted by molar-refractivity contribution is -0.141. The summed E-state index contributed by atoms with van der Waals surface area (Å²) in [6, 6.07) is 0. The predicted octanol–water partition coefficient (Wildman–Crippen LogP) is -0.355. The number of hydrogen-bond acceptors (Lipinski definition) is 4. The molecule has 74 valence electrons. The monoisotopic (exact) mass is 187 g/mol. The molecule has 0 bridgehead atoms. The van der Waals surface area contributed by atoms with E-state index < -0.39 is 5.91 Å². The number of rotatable bonds is 6. The van der Waals surface area contributed by atoms with Crippen LogP contribution in [0.15, 0.2) is 0 Å². The van der Waals surface area contributed by atoms with Crippen molar-refractivity contribution in [3.8, 4) is 0 Å². The molecular weight excluding hydrogens is 174 g/mol. The maximum Gasteiger partial charge on any atom is 0.302 e. The third-order valence-electron chi connectivity index (χ3n) is 1.28. The van der Waals surface area contributed by atoms with Gasteiger partial charge in [-0.25, -0.2) is 0 Å². The molecule has 1 amide bonds. The molecule has 0 aromatic carbocycles. The van der Waals surface area contributed by atoms with Crippen LogP contribution >= 0.6 is 0 Å². The molecule has 0 saturated carbocycles. The summed E-state index contributed by atoms with van der Waals surface area (Å²) < 4.78 is 4.65. The zero-order chi connectivity index (χ0) is 10.1. The number of nitrogens with one attached hydrogen (secondary N) is 1. The molecule has 0 aliphatic heterocycles. The lowest BCUT2D eigenvalue weighted by Crippen LogP contribution is -2.25. The molecule has 0 aromatic rings. The van der Waals surface area contributed by atoms with Gasteiger partial charge in [0.1, 0.15) is 0 Å². The molecule has 0 aliphatic carbocycles. The molecule has 5 heteroatoms. The Labute approximate surface area is 76.4 Å². The first-order chi connectivity index (χ1) is 6.16. The second-order valence-corrected chi connectivity index (χ2v) is 2.46. The maximum absolute atomic E-state index is 10.4. The average molecular weight is 187 g/mol. The number of aldehydes is 1. The van der Waals surface area contributed by atoms with Crippen LogP contribution in [0.3, 0.4) is 0 Å². The molecule has 0 fully saturated rings. The Morgan fingerprint density at radius 1 is 1.38 bits per heavy atom. The van der Waals surface area contributed by atoms with Crippen molar-refractivity contribution >= 4 is 18.2 Å². The highest BCUT2D eigenvalue weighted by molar-refractivity contribution is 6.23. The van der Waals surface area contributed by atoms with Gasteiger partial charge in [-0.15, -0.1) is 0 Å². The van der Waals surface area contributed by atoms with Crippen LogP contribution in [0.2, 0.25) is 0 Å². The first-order valence-corrected chi connectivity index (χ1v) is 4.03. The van der Waals surface area contributed by atoms with E-state index >= 15 is 0 Å². The molecule has 0 unspecified atom stereocenters. The Balaban J connectivity index is 3.12. The van der Waals surface area contributed by atoms with Crippen molar-refractivity contribution in [1.82, 2.24) is 5.32 Å². The summed E-state index contributed by atoms with van der Waals surface area (Å²) in [6.45, 7) is 2.12. The molecule has 0 radical (unpaired) electrons. The van der Waals surface area contributed by atoms with Gasteiger partial charge in [0.25, 0.3) is 5.91 Å². The smallest absolute Gasteiger partial charge is 0.302 e. The maximum atomic E-state index is 10.4. The Morgan fingerprint density at radius 3 is 2.62 bits per heavy atom. The fourth-order valence-corrected chi connectivity index (χ4v) is 0.696. The lowest BCUT2D eigenvalue weighted by atomic mass is 10.3. The van der Waals surface area contributed by atoms with Gasteiger partial charge in [0.15, 0.2) is 0 Å². The highest BCUT2D eigenvalue weighted by Gasteiger charge is 1.96. The second-order valence-electron chi connectivity index (χ2n) is 2.46. The molecule has 0 heterocycles. The van der Waals surface area contributed by atoms with Crippen LogP contribution in [-0.4, -0.2) is 31.3 Å². The summed E-state index contributed by atoms with van der Waals surface area (Å²) >= 11 is 0. The van der Waals surface area contributed by atoms with Gasteiger partial charge in [-0.05, 0) is 12.8 Å². The minimum atomic E-state index is -0.618. The number of carbonyl (C=O) groups is 3. The second kappa shape index (κ2) is 7.27. The van der Waals surface area contributed by atoms with Gasteiger partial charge in [-0.2, -0.15) is 0 Å².